The van der Waals surface area contributed by atoms with E-state index in [2.05, 4.69) is 23.9 Å². The van der Waals surface area contributed by atoms with Gasteiger partial charge in [-0.1, -0.05) is 32.9 Å². The Morgan fingerprint density at radius 2 is 1.54 bits per heavy atom. The highest BCUT2D eigenvalue weighted by Crippen LogP contribution is 2.18. The standard InChI is InChI=1S/C20H26N2O3S/c1-5-15(4)22-26(24,25)19-12-8-17(9-13-19)20(23)21-18-10-6-16(7-11-18)14(2)3/h6-15,22H,5H2,1-4H3,(H,21,23). The van der Waals surface area contributed by atoms with Crippen LogP contribution in [0.3, 0.4) is 0 Å². The van der Waals surface area contributed by atoms with Gasteiger partial charge in [0.15, 0.2) is 0 Å². The number of carbonyl (C=O) groups excluding carboxylic acids is 1. The molecular formula is C20H26N2O3S. The van der Waals surface area contributed by atoms with Crippen molar-refractivity contribution in [3.05, 3.63) is 59.7 Å². The number of amides is 1. The first-order chi connectivity index (χ1) is 12.2. The molecular weight excluding hydrogens is 348 g/mol. The predicted octanol–water partition coefficient (Wildman–Crippen LogP) is 4.14. The molecule has 2 rings (SSSR count). The molecule has 0 saturated heterocycles. The zero-order chi connectivity index (χ0) is 19.3. The fraction of sp³-hybridized carbons (Fsp3) is 0.350. The van der Waals surface area contributed by atoms with Crippen LogP contribution in [0, 0.1) is 0 Å². The molecule has 6 heteroatoms. The summed E-state index contributed by atoms with van der Waals surface area (Å²) < 4.78 is 27.1. The van der Waals surface area contributed by atoms with Crippen LogP contribution in [0.25, 0.3) is 0 Å². The number of sulfonamides is 1. The molecule has 5 nitrogen and oxygen atoms in total. The van der Waals surface area contributed by atoms with Crippen LogP contribution in [-0.2, 0) is 10.0 Å². The summed E-state index contributed by atoms with van der Waals surface area (Å²) in [6.07, 6.45) is 0.704. The lowest BCUT2D eigenvalue weighted by molar-refractivity contribution is 0.102. The molecule has 2 N–H and O–H groups in total. The molecule has 2 aromatic rings. The van der Waals surface area contributed by atoms with E-state index in [-0.39, 0.29) is 16.8 Å². The zero-order valence-corrected chi connectivity index (χ0v) is 16.4. The lowest BCUT2D eigenvalue weighted by atomic mass is 10.0. The second kappa shape index (κ2) is 8.47. The Balaban J connectivity index is 2.09. The first-order valence-corrected chi connectivity index (χ1v) is 10.2. The molecule has 0 aliphatic heterocycles. The summed E-state index contributed by atoms with van der Waals surface area (Å²) in [6, 6.07) is 13.5. The highest BCUT2D eigenvalue weighted by atomic mass is 32.2. The highest BCUT2D eigenvalue weighted by molar-refractivity contribution is 7.89. The Hall–Kier alpha value is -2.18. The zero-order valence-electron chi connectivity index (χ0n) is 15.6. The van der Waals surface area contributed by atoms with Gasteiger partial charge in [-0.2, -0.15) is 0 Å². The first-order valence-electron chi connectivity index (χ1n) is 8.76. The van der Waals surface area contributed by atoms with E-state index in [1.54, 1.807) is 0 Å². The molecule has 1 atom stereocenters. The number of rotatable bonds is 7. The maximum absolute atomic E-state index is 12.3. The van der Waals surface area contributed by atoms with Crippen molar-refractivity contribution < 1.29 is 13.2 Å². The molecule has 0 radical (unpaired) electrons. The summed E-state index contributed by atoms with van der Waals surface area (Å²) in [6.45, 7) is 7.94. The largest absolute Gasteiger partial charge is 0.322 e. The Kier molecular flexibility index (Phi) is 6.56. The Morgan fingerprint density at radius 3 is 2.04 bits per heavy atom. The summed E-state index contributed by atoms with van der Waals surface area (Å²) in [7, 11) is -3.57. The molecule has 0 spiro atoms. The molecule has 0 aliphatic rings. The predicted molar refractivity (Wildman–Crippen MR) is 105 cm³/mol. The van der Waals surface area contributed by atoms with Crippen LogP contribution >= 0.6 is 0 Å². The van der Waals surface area contributed by atoms with E-state index >= 15 is 0 Å². The van der Waals surface area contributed by atoms with Gasteiger partial charge in [-0.05, 0) is 61.2 Å². The van der Waals surface area contributed by atoms with Gasteiger partial charge in [-0.25, -0.2) is 13.1 Å². The van der Waals surface area contributed by atoms with Crippen molar-refractivity contribution >= 4 is 21.6 Å². The number of carbonyl (C=O) groups is 1. The Labute approximate surface area is 155 Å². The molecule has 2 aromatic carbocycles. The smallest absolute Gasteiger partial charge is 0.255 e. The monoisotopic (exact) mass is 374 g/mol. The van der Waals surface area contributed by atoms with Crippen molar-refractivity contribution in [2.45, 2.75) is 51.0 Å². The molecule has 0 fully saturated rings. The van der Waals surface area contributed by atoms with Crippen LogP contribution in [0.15, 0.2) is 53.4 Å². The normalized spacial score (nSPS) is 12.8. The maximum atomic E-state index is 12.3. The lowest BCUT2D eigenvalue weighted by Gasteiger charge is -2.12. The van der Waals surface area contributed by atoms with E-state index in [1.807, 2.05) is 38.1 Å². The maximum Gasteiger partial charge on any atom is 0.255 e. The minimum atomic E-state index is -3.57. The Bertz CT molecular complexity index is 842. The minimum absolute atomic E-state index is 0.142. The number of nitrogens with one attached hydrogen (secondary N) is 2. The second-order valence-electron chi connectivity index (χ2n) is 6.69. The van der Waals surface area contributed by atoms with Crippen LogP contribution in [0.5, 0.6) is 0 Å². The molecule has 0 heterocycles. The van der Waals surface area contributed by atoms with Crippen LogP contribution in [0.1, 0.15) is 56.0 Å². The van der Waals surface area contributed by atoms with Crippen LogP contribution in [-0.4, -0.2) is 20.4 Å². The summed E-state index contributed by atoms with van der Waals surface area (Å²) in [4.78, 5) is 12.5. The molecule has 0 aliphatic carbocycles. The number of hydrogen-bond acceptors (Lipinski definition) is 3. The van der Waals surface area contributed by atoms with Gasteiger partial charge in [0.1, 0.15) is 0 Å². The van der Waals surface area contributed by atoms with E-state index in [0.717, 1.165) is 0 Å². The second-order valence-corrected chi connectivity index (χ2v) is 8.40. The third-order valence-corrected chi connectivity index (χ3v) is 5.84. The van der Waals surface area contributed by atoms with E-state index in [1.165, 1.54) is 29.8 Å². The van der Waals surface area contributed by atoms with E-state index in [4.69, 9.17) is 0 Å². The van der Waals surface area contributed by atoms with Gasteiger partial charge in [-0.3, -0.25) is 4.79 Å². The molecule has 0 aromatic heterocycles. The van der Waals surface area contributed by atoms with Gasteiger partial charge < -0.3 is 5.32 Å². The number of anilines is 1. The summed E-state index contributed by atoms with van der Waals surface area (Å²) in [5, 5.41) is 2.82. The van der Waals surface area contributed by atoms with Gasteiger partial charge >= 0.3 is 0 Å². The molecule has 0 saturated carbocycles. The molecule has 1 amide bonds. The topological polar surface area (TPSA) is 75.3 Å². The van der Waals surface area contributed by atoms with Crippen LogP contribution in [0.4, 0.5) is 5.69 Å². The number of hydrogen-bond donors (Lipinski definition) is 2. The fourth-order valence-electron chi connectivity index (χ4n) is 2.36. The van der Waals surface area contributed by atoms with Gasteiger partial charge in [0.05, 0.1) is 4.90 Å². The average molecular weight is 375 g/mol. The van der Waals surface area contributed by atoms with E-state index in [9.17, 15) is 13.2 Å². The van der Waals surface area contributed by atoms with Crippen molar-refractivity contribution in [3.63, 3.8) is 0 Å². The van der Waals surface area contributed by atoms with Crippen LogP contribution in [0.2, 0.25) is 0 Å². The van der Waals surface area contributed by atoms with Crippen molar-refractivity contribution in [3.8, 4) is 0 Å². The first kappa shape index (κ1) is 20.1. The van der Waals surface area contributed by atoms with E-state index < -0.39 is 10.0 Å². The average Bonchev–Trinajstić information content (AvgIpc) is 2.61. The van der Waals surface area contributed by atoms with Gasteiger partial charge in [0, 0.05) is 17.3 Å². The van der Waals surface area contributed by atoms with Crippen LogP contribution < -0.4 is 10.0 Å². The number of benzene rings is 2. The summed E-state index contributed by atoms with van der Waals surface area (Å²) in [5.74, 6) is 0.152. The van der Waals surface area contributed by atoms with Gasteiger partial charge in [0.25, 0.3) is 5.91 Å². The van der Waals surface area contributed by atoms with Crippen molar-refractivity contribution in [1.29, 1.82) is 0 Å². The van der Waals surface area contributed by atoms with Gasteiger partial charge in [-0.15, -0.1) is 0 Å². The fourth-order valence-corrected chi connectivity index (χ4v) is 3.68. The molecule has 140 valence electrons. The minimum Gasteiger partial charge on any atom is -0.322 e. The SMILES string of the molecule is CCC(C)NS(=O)(=O)c1ccc(C(=O)Nc2ccc(C(C)C)cc2)cc1. The highest BCUT2D eigenvalue weighted by Gasteiger charge is 2.17. The van der Waals surface area contributed by atoms with Crippen molar-refractivity contribution in [2.24, 2.45) is 0 Å². The van der Waals surface area contributed by atoms with Crippen molar-refractivity contribution in [2.75, 3.05) is 5.32 Å². The molecule has 0 bridgehead atoms. The molecule has 26 heavy (non-hydrogen) atoms. The third-order valence-electron chi connectivity index (χ3n) is 4.23. The Morgan fingerprint density at radius 1 is 0.962 bits per heavy atom. The van der Waals surface area contributed by atoms with E-state index in [0.29, 0.717) is 23.6 Å². The quantitative estimate of drug-likeness (QED) is 0.765. The third kappa shape index (κ3) is 5.16. The van der Waals surface area contributed by atoms with Gasteiger partial charge in [0.2, 0.25) is 10.0 Å². The summed E-state index contributed by atoms with van der Waals surface area (Å²) >= 11 is 0. The van der Waals surface area contributed by atoms with Crippen molar-refractivity contribution in [1.82, 2.24) is 4.72 Å². The summed E-state index contributed by atoms with van der Waals surface area (Å²) in [5.41, 5.74) is 2.31. The molecule has 1 unspecified atom stereocenters. The lowest BCUT2D eigenvalue weighted by Crippen LogP contribution is -2.32.